The van der Waals surface area contributed by atoms with E-state index in [1.807, 2.05) is 5.32 Å². The molecule has 0 aliphatic rings. The van der Waals surface area contributed by atoms with Crippen LogP contribution >= 0.6 is 11.6 Å². The summed E-state index contributed by atoms with van der Waals surface area (Å²) in [4.78, 5) is 21.9. The van der Waals surface area contributed by atoms with Gasteiger partial charge in [-0.2, -0.15) is 0 Å². The van der Waals surface area contributed by atoms with Gasteiger partial charge in [-0.25, -0.2) is 8.78 Å². The van der Waals surface area contributed by atoms with Crippen LogP contribution in [0, 0.1) is 21.7 Å². The normalized spacial score (nSPS) is 10.2. The Morgan fingerprint density at radius 1 is 1.19 bits per heavy atom. The van der Waals surface area contributed by atoms with E-state index in [-0.39, 0.29) is 5.02 Å². The van der Waals surface area contributed by atoms with Gasteiger partial charge in [0.1, 0.15) is 5.82 Å². The van der Waals surface area contributed by atoms with Gasteiger partial charge in [0.25, 0.3) is 11.6 Å². The first-order valence-corrected chi connectivity index (χ1v) is 5.97. The predicted molar refractivity (Wildman–Crippen MR) is 72.4 cm³/mol. The summed E-state index contributed by atoms with van der Waals surface area (Å²) in [6.45, 7) is 0. The van der Waals surface area contributed by atoms with Crippen molar-refractivity contribution < 1.29 is 18.5 Å². The lowest BCUT2D eigenvalue weighted by Crippen LogP contribution is -2.16. The number of nitro groups is 1. The van der Waals surface area contributed by atoms with Gasteiger partial charge in [0.2, 0.25) is 0 Å². The second-order valence-corrected chi connectivity index (χ2v) is 4.41. The van der Waals surface area contributed by atoms with Gasteiger partial charge >= 0.3 is 0 Å². The van der Waals surface area contributed by atoms with E-state index >= 15 is 0 Å². The Morgan fingerprint density at radius 2 is 1.90 bits per heavy atom. The summed E-state index contributed by atoms with van der Waals surface area (Å²) in [5.74, 6) is -2.92. The Bertz CT molecular complexity index is 737. The second-order valence-electron chi connectivity index (χ2n) is 3.97. The fraction of sp³-hybridized carbons (Fsp3) is 0. The number of carbonyl (C=O) groups excluding carboxylic acids is 1. The zero-order chi connectivity index (χ0) is 15.6. The highest BCUT2D eigenvalue weighted by molar-refractivity contribution is 6.31. The van der Waals surface area contributed by atoms with E-state index in [0.717, 1.165) is 30.3 Å². The Kier molecular flexibility index (Phi) is 4.13. The molecule has 108 valence electrons. The molecule has 0 aromatic heterocycles. The molecule has 0 heterocycles. The van der Waals surface area contributed by atoms with Crippen LogP contribution in [-0.2, 0) is 0 Å². The van der Waals surface area contributed by atoms with Gasteiger partial charge in [-0.3, -0.25) is 14.9 Å². The highest BCUT2D eigenvalue weighted by Gasteiger charge is 2.22. The van der Waals surface area contributed by atoms with E-state index in [1.165, 1.54) is 6.07 Å². The second kappa shape index (κ2) is 5.84. The quantitative estimate of drug-likeness (QED) is 0.692. The molecule has 0 saturated carbocycles. The minimum Gasteiger partial charge on any atom is -0.314 e. The van der Waals surface area contributed by atoms with Crippen LogP contribution in [0.15, 0.2) is 36.4 Å². The lowest BCUT2D eigenvalue weighted by Gasteiger charge is -2.08. The summed E-state index contributed by atoms with van der Waals surface area (Å²) >= 11 is 5.65. The van der Waals surface area contributed by atoms with Crippen LogP contribution in [0.3, 0.4) is 0 Å². The molecule has 2 aromatic rings. The first-order valence-electron chi connectivity index (χ1n) is 5.59. The summed E-state index contributed by atoms with van der Waals surface area (Å²) in [5.41, 5.74) is -1.71. The number of nitro benzene ring substituents is 1. The van der Waals surface area contributed by atoms with Crippen molar-refractivity contribution in [3.8, 4) is 0 Å². The summed E-state index contributed by atoms with van der Waals surface area (Å²) in [7, 11) is 0. The largest absolute Gasteiger partial charge is 0.314 e. The van der Waals surface area contributed by atoms with Crippen LogP contribution in [0.2, 0.25) is 5.02 Å². The molecule has 1 amide bonds. The average Bonchev–Trinajstić information content (AvgIpc) is 2.43. The molecule has 0 aliphatic carbocycles. The molecule has 21 heavy (non-hydrogen) atoms. The molecule has 0 atom stereocenters. The van der Waals surface area contributed by atoms with Crippen molar-refractivity contribution in [1.29, 1.82) is 0 Å². The number of para-hydroxylation sites is 1. The van der Waals surface area contributed by atoms with Crippen molar-refractivity contribution in [2.24, 2.45) is 0 Å². The number of nitrogens with one attached hydrogen (secondary N) is 1. The minimum absolute atomic E-state index is 0.101. The van der Waals surface area contributed by atoms with Crippen LogP contribution in [-0.4, -0.2) is 10.8 Å². The van der Waals surface area contributed by atoms with Gasteiger partial charge in [0.05, 0.1) is 10.5 Å². The number of nitrogens with zero attached hydrogens (tertiary/aromatic N) is 1. The molecule has 0 saturated heterocycles. The van der Waals surface area contributed by atoms with Gasteiger partial charge in [0.15, 0.2) is 11.5 Å². The first-order chi connectivity index (χ1) is 9.90. The first kappa shape index (κ1) is 14.9. The molecule has 0 radical (unpaired) electrons. The van der Waals surface area contributed by atoms with Crippen LogP contribution in [0.25, 0.3) is 0 Å². The maximum absolute atomic E-state index is 13.6. The third-order valence-electron chi connectivity index (χ3n) is 2.60. The van der Waals surface area contributed by atoms with Gasteiger partial charge < -0.3 is 5.32 Å². The molecule has 0 spiro atoms. The van der Waals surface area contributed by atoms with E-state index < -0.39 is 39.4 Å². The van der Waals surface area contributed by atoms with Gasteiger partial charge in [-0.1, -0.05) is 17.7 Å². The molecule has 2 rings (SSSR count). The topological polar surface area (TPSA) is 72.2 Å². The number of hydrogen-bond acceptors (Lipinski definition) is 3. The van der Waals surface area contributed by atoms with Crippen molar-refractivity contribution in [1.82, 2.24) is 0 Å². The highest BCUT2D eigenvalue weighted by atomic mass is 35.5. The number of rotatable bonds is 3. The van der Waals surface area contributed by atoms with Crippen LogP contribution < -0.4 is 5.32 Å². The summed E-state index contributed by atoms with van der Waals surface area (Å²) < 4.78 is 27.2. The van der Waals surface area contributed by atoms with Gasteiger partial charge in [0, 0.05) is 11.1 Å². The summed E-state index contributed by atoms with van der Waals surface area (Å²) in [5, 5.41) is 12.9. The minimum atomic E-state index is -1.04. The number of carbonyl (C=O) groups is 1. The van der Waals surface area contributed by atoms with Crippen LogP contribution in [0.1, 0.15) is 10.4 Å². The Hall–Kier alpha value is -2.54. The standard InChI is InChI=1S/C13H7ClF2N2O3/c14-7-4-5-9(15)8(6-7)13(19)17-12-10(16)2-1-3-11(12)18(20)21/h1-6H,(H,17,19). The van der Waals surface area contributed by atoms with E-state index in [2.05, 4.69) is 0 Å². The molecular formula is C13H7ClF2N2O3. The lowest BCUT2D eigenvalue weighted by atomic mass is 10.2. The number of halogens is 3. The Morgan fingerprint density at radius 3 is 2.57 bits per heavy atom. The van der Waals surface area contributed by atoms with Crippen LogP contribution in [0.5, 0.6) is 0 Å². The van der Waals surface area contributed by atoms with E-state index in [1.54, 1.807) is 0 Å². The molecule has 2 aromatic carbocycles. The smallest absolute Gasteiger partial charge is 0.295 e. The molecule has 0 bridgehead atoms. The van der Waals surface area contributed by atoms with Crippen molar-refractivity contribution in [2.75, 3.05) is 5.32 Å². The highest BCUT2D eigenvalue weighted by Crippen LogP contribution is 2.28. The molecule has 0 aliphatic heterocycles. The maximum Gasteiger partial charge on any atom is 0.295 e. The Labute approximate surface area is 122 Å². The van der Waals surface area contributed by atoms with E-state index in [9.17, 15) is 23.7 Å². The summed E-state index contributed by atoms with van der Waals surface area (Å²) in [6, 6.07) is 6.33. The van der Waals surface area contributed by atoms with Gasteiger partial charge in [-0.15, -0.1) is 0 Å². The third-order valence-corrected chi connectivity index (χ3v) is 2.83. The van der Waals surface area contributed by atoms with Crippen molar-refractivity contribution in [3.63, 3.8) is 0 Å². The molecule has 0 fully saturated rings. The SMILES string of the molecule is O=C(Nc1c(F)cccc1[N+](=O)[O-])c1cc(Cl)ccc1F. The third kappa shape index (κ3) is 3.14. The number of hydrogen-bond donors (Lipinski definition) is 1. The zero-order valence-electron chi connectivity index (χ0n) is 10.3. The predicted octanol–water partition coefficient (Wildman–Crippen LogP) is 3.78. The van der Waals surface area contributed by atoms with Crippen LogP contribution in [0.4, 0.5) is 20.2 Å². The van der Waals surface area contributed by atoms with Gasteiger partial charge in [-0.05, 0) is 24.3 Å². The summed E-state index contributed by atoms with van der Waals surface area (Å²) in [6.07, 6.45) is 0. The van der Waals surface area contributed by atoms with E-state index in [0.29, 0.717) is 0 Å². The molecular weight excluding hydrogens is 306 g/mol. The van der Waals surface area contributed by atoms with Crippen molar-refractivity contribution >= 4 is 28.9 Å². The van der Waals surface area contributed by atoms with Crippen molar-refractivity contribution in [3.05, 3.63) is 68.7 Å². The molecule has 8 heteroatoms. The lowest BCUT2D eigenvalue weighted by molar-refractivity contribution is -0.384. The molecule has 1 N–H and O–H groups in total. The average molecular weight is 313 g/mol. The molecule has 0 unspecified atom stereocenters. The zero-order valence-corrected chi connectivity index (χ0v) is 11.0. The number of anilines is 1. The molecule has 5 nitrogen and oxygen atoms in total. The van der Waals surface area contributed by atoms with Crippen molar-refractivity contribution in [2.45, 2.75) is 0 Å². The monoisotopic (exact) mass is 312 g/mol. The number of benzene rings is 2. The Balaban J connectivity index is 2.41. The number of amides is 1. The fourth-order valence-electron chi connectivity index (χ4n) is 1.64. The van der Waals surface area contributed by atoms with E-state index in [4.69, 9.17) is 11.6 Å². The fourth-order valence-corrected chi connectivity index (χ4v) is 1.81. The maximum atomic E-state index is 13.6.